The lowest BCUT2D eigenvalue weighted by Crippen LogP contribution is -2.47. The number of nitrogens with zero attached hydrogens (tertiary/aromatic N) is 18. The Kier molecular flexibility index (Phi) is 38.0. The third-order valence-electron chi connectivity index (χ3n) is 20.3. The number of hydrogen-bond acceptors (Lipinski definition) is 36. The molecule has 0 saturated carbocycles. The predicted molar refractivity (Wildman–Crippen MR) is 538 cm³/mol. The van der Waals surface area contributed by atoms with Gasteiger partial charge in [0.25, 0.3) is 5.56 Å². The van der Waals surface area contributed by atoms with Crippen molar-refractivity contribution >= 4 is 309 Å². The second-order valence-corrected chi connectivity index (χ2v) is 48.5. The molecule has 708 valence electrons. The number of hydrogen-bond donors (Lipinski definition) is 3. The van der Waals surface area contributed by atoms with Crippen LogP contribution in [0.3, 0.4) is 0 Å². The van der Waals surface area contributed by atoms with Gasteiger partial charge in [-0.1, -0.05) is 39.7 Å². The Hall–Kier alpha value is -6.45. The predicted octanol–water partition coefficient (Wildman–Crippen LogP) is 16.0. The molecule has 0 aliphatic carbocycles. The number of aromatic nitrogens is 13. The molecule has 6 aliphatic heterocycles. The molecule has 1 aromatic carbocycles. The maximum atomic E-state index is 11.8. The van der Waals surface area contributed by atoms with Crippen LogP contribution < -0.4 is 30.8 Å². The van der Waals surface area contributed by atoms with E-state index in [0.717, 1.165) is 220 Å². The van der Waals surface area contributed by atoms with Crippen LogP contribution in [0.2, 0.25) is 26.3 Å². The molecular formula is C79H87BrCl8N21O14PS8. The molecule has 0 amide bonds. The van der Waals surface area contributed by atoms with E-state index in [1.807, 2.05) is 42.1 Å². The van der Waals surface area contributed by atoms with Gasteiger partial charge in [0.1, 0.15) is 4.70 Å². The molecule has 53 heteroatoms. The van der Waals surface area contributed by atoms with Crippen molar-refractivity contribution in [3.8, 4) is 11.4 Å². The Labute approximate surface area is 829 Å². The first-order chi connectivity index (χ1) is 63.3. The number of alkyl halides is 1. The second kappa shape index (κ2) is 48.7. The summed E-state index contributed by atoms with van der Waals surface area (Å²) in [5.74, 6) is 4.22. The first kappa shape index (κ1) is 103. The number of H-pyrrole nitrogens is 3. The van der Waals surface area contributed by atoms with Gasteiger partial charge in [0.2, 0.25) is 41.2 Å². The monoisotopic (exact) mass is 2200 g/mol. The zero-order chi connectivity index (χ0) is 93.8. The highest BCUT2D eigenvalue weighted by Crippen LogP contribution is 2.61. The normalized spacial score (nSPS) is 16.2. The van der Waals surface area contributed by atoms with Crippen molar-refractivity contribution in [1.29, 1.82) is 0 Å². The minimum Gasteiger partial charge on any atom is -0.466 e. The largest absolute Gasteiger partial charge is 0.466 e. The SMILES string of the molecule is CCOC(=O)CCCBr.CS(=O)(=O)N1CCN(Cc2cc3nc(-c4cccc5[nH]ccc45)nc(N4CCOCC4)c3s2)CC1.CS(=O)(=O)N1CCN(Cc2cc3nc(Cl)nc(N4CCOCC4)c3s2)CC1.Clc1nc(Cl)c2sccc2n1.Clc1nc(N2CCOCC2)c2sccc2n1.O=Cc1cc2nc(Cl)nc(N3CCOCC3)c2s1.O=P(Cl)(Cl)Cl.O=c1[nH]c(=O)c2sccc2[nH]1. The number of thiophene rings is 6. The number of fused-ring (bicyclic) bond motifs is 7. The van der Waals surface area contributed by atoms with E-state index in [1.54, 1.807) is 55.8 Å². The van der Waals surface area contributed by atoms with Crippen LogP contribution in [0.4, 0.5) is 23.3 Å². The Balaban J connectivity index is 0.000000136. The molecular weight excluding hydrogens is 2120 g/mol. The molecule has 6 fully saturated rings. The van der Waals surface area contributed by atoms with Gasteiger partial charge in [-0.15, -0.1) is 68.0 Å². The number of sulfonamides is 2. The van der Waals surface area contributed by atoms with Gasteiger partial charge in [-0.2, -0.15) is 23.6 Å². The number of piperazine rings is 2. The molecule has 3 N–H and O–H groups in total. The van der Waals surface area contributed by atoms with Crippen molar-refractivity contribution in [3.63, 3.8) is 0 Å². The van der Waals surface area contributed by atoms with E-state index >= 15 is 0 Å². The van der Waals surface area contributed by atoms with Crippen LogP contribution in [0.15, 0.2) is 92.6 Å². The Bertz CT molecular complexity index is 6690. The number of aromatic amines is 3. The van der Waals surface area contributed by atoms with Crippen molar-refractivity contribution in [1.82, 2.24) is 83.2 Å². The third-order valence-corrected chi connectivity index (χ3v) is 30.5. The van der Waals surface area contributed by atoms with Crippen LogP contribution >= 0.6 is 181 Å². The average Bonchev–Trinajstić information content (AvgIpc) is 1.59. The number of rotatable bonds is 16. The molecule has 0 atom stereocenters. The summed E-state index contributed by atoms with van der Waals surface area (Å²) in [4.78, 5) is 111. The van der Waals surface area contributed by atoms with Gasteiger partial charge < -0.3 is 53.3 Å². The van der Waals surface area contributed by atoms with Crippen LogP contribution in [-0.2, 0) is 66.2 Å². The Morgan fingerprint density at radius 1 is 0.508 bits per heavy atom. The Morgan fingerprint density at radius 2 is 0.932 bits per heavy atom. The lowest BCUT2D eigenvalue weighted by molar-refractivity contribution is -0.143. The second-order valence-electron chi connectivity index (χ2n) is 29.3. The minimum atomic E-state index is -3.22. The van der Waals surface area contributed by atoms with E-state index in [0.29, 0.717) is 104 Å². The first-order valence-electron chi connectivity index (χ1n) is 40.8. The van der Waals surface area contributed by atoms with Gasteiger partial charge in [-0.3, -0.25) is 33.7 Å². The number of carbonyl (C=O) groups excluding carboxylic acids is 2. The molecule has 0 spiro atoms. The number of halogens is 9. The van der Waals surface area contributed by atoms with Gasteiger partial charge >= 0.3 is 16.9 Å². The summed E-state index contributed by atoms with van der Waals surface area (Å²) in [6.07, 6.45) is 6.71. The van der Waals surface area contributed by atoms with Gasteiger partial charge in [-0.25, -0.2) is 56.5 Å². The Morgan fingerprint density at radius 3 is 1.41 bits per heavy atom. The molecule has 6 saturated heterocycles. The number of ether oxygens (including phenoxy) is 5. The summed E-state index contributed by atoms with van der Waals surface area (Å²) in [5.41, 5.74) is 6.19. The van der Waals surface area contributed by atoms with Crippen molar-refractivity contribution in [3.05, 3.63) is 145 Å². The molecule has 14 aromatic rings. The third kappa shape index (κ3) is 29.1. The van der Waals surface area contributed by atoms with Crippen LogP contribution in [0, 0.1) is 0 Å². The van der Waals surface area contributed by atoms with Crippen LogP contribution in [0.5, 0.6) is 0 Å². The fraction of sp³-hybridized carbons (Fsp3) is 0.418. The van der Waals surface area contributed by atoms with Crippen molar-refractivity contribution in [2.24, 2.45) is 0 Å². The lowest BCUT2D eigenvalue weighted by atomic mass is 10.1. The van der Waals surface area contributed by atoms with E-state index in [4.69, 9.17) is 86.9 Å². The van der Waals surface area contributed by atoms with Crippen LogP contribution in [0.25, 0.3) is 83.6 Å². The molecule has 0 bridgehead atoms. The molecule has 20 rings (SSSR count). The molecule has 132 heavy (non-hydrogen) atoms. The minimum absolute atomic E-state index is 0.100. The van der Waals surface area contributed by atoms with E-state index < -0.39 is 30.9 Å². The maximum Gasteiger partial charge on any atom is 0.339 e. The summed E-state index contributed by atoms with van der Waals surface area (Å²) in [6, 6.07) is 19.8. The molecule has 35 nitrogen and oxygen atoms in total. The number of nitrogens with one attached hydrogen (secondary N) is 3. The first-order valence-corrected chi connectivity index (χ1v) is 57.0. The van der Waals surface area contributed by atoms with E-state index in [2.05, 4.69) is 169 Å². The molecule has 13 aromatic heterocycles. The van der Waals surface area contributed by atoms with Crippen molar-refractivity contribution < 1.29 is 54.7 Å². The summed E-state index contributed by atoms with van der Waals surface area (Å²) in [6.45, 7) is 21.0. The standard InChI is InChI=1S/C24H28N6O3S2.C16H22ClN5O3S2.C11H10ClN3O2S.C10H10ClN3OS.C6H11BrO2.C6H2Cl2N2S.C6H4N2O2S.Cl3OP/c1-35(31,32)30-9-7-28(8-10-30)16-17-15-21-22(34-17)24(29-11-13-33-14-12-29)27-23(26-21)19-3-2-4-20-18(19)5-6-25-20;1-27(23,24)22-4-2-20(3-5-22)11-12-10-13-14(26-12)15(19-16(17)18-13)21-6-8-25-9-7-21;12-11-13-8-5-7(6-16)18-9(8)10(14-11)15-1-3-17-4-2-15;11-10-12-7-1-6-16-8(7)9(13-10)14-2-4-15-5-3-14;1-2-9-6(8)4-3-5-7;7-5-4-3(1-2-11-4)9-6(8)10-5;9-5-4-3(1-2-11-4)7-6(10)8-5;1-5(2,3)4/h2-6,15,25H,7-14,16H2,1H3;10H,2-9,11H2,1H3;5-6H,1-4H2;1,6H,2-5H2;2-5H2,1H3;1-2H;1-2H,(H2,7,8,9,10);. The van der Waals surface area contributed by atoms with Crippen molar-refractivity contribution in [2.45, 2.75) is 32.9 Å². The van der Waals surface area contributed by atoms with Crippen molar-refractivity contribution in [2.75, 3.05) is 202 Å². The van der Waals surface area contributed by atoms with Gasteiger partial charge in [0.05, 0.1) is 133 Å². The van der Waals surface area contributed by atoms with Gasteiger partial charge in [0, 0.05) is 162 Å². The highest BCUT2D eigenvalue weighted by molar-refractivity contribution is 9.09. The molecule has 19 heterocycles. The number of anilines is 4. The summed E-state index contributed by atoms with van der Waals surface area (Å²) in [7, 11) is -6.24. The van der Waals surface area contributed by atoms with E-state index in [1.165, 1.54) is 60.6 Å². The average molecular weight is 2210 g/mol. The zero-order valence-corrected chi connectivity index (χ0v) is 85.8. The molecule has 0 radical (unpaired) electrons. The number of esters is 1. The van der Waals surface area contributed by atoms with Crippen LogP contribution in [-0.4, -0.2) is 294 Å². The fourth-order valence-electron chi connectivity index (χ4n) is 14.2. The maximum absolute atomic E-state index is 11.8. The van der Waals surface area contributed by atoms with E-state index in [9.17, 15) is 40.6 Å². The smallest absolute Gasteiger partial charge is 0.339 e. The number of morpholine rings is 4. The highest BCUT2D eigenvalue weighted by atomic mass is 79.9. The quantitative estimate of drug-likeness (QED) is 0.0202. The van der Waals surface area contributed by atoms with Gasteiger partial charge in [-0.05, 0) is 158 Å². The molecule has 0 unspecified atom stereocenters. The summed E-state index contributed by atoms with van der Waals surface area (Å²) < 4.78 is 91.6. The summed E-state index contributed by atoms with van der Waals surface area (Å²) >= 11 is 55.7. The lowest BCUT2D eigenvalue weighted by Gasteiger charge is -2.32. The topological polar surface area (TPSA) is 402 Å². The number of carbonyl (C=O) groups is 2. The number of aldehydes is 1. The molecule has 6 aliphatic rings. The summed E-state index contributed by atoms with van der Waals surface area (Å²) in [5, 5.41) is 5.83. The van der Waals surface area contributed by atoms with E-state index in [-0.39, 0.29) is 27.4 Å². The van der Waals surface area contributed by atoms with Crippen LogP contribution in [0.1, 0.15) is 39.2 Å². The zero-order valence-electron chi connectivity index (χ0n) is 70.8. The number of benzene rings is 1. The highest BCUT2D eigenvalue weighted by Gasteiger charge is 2.30. The van der Waals surface area contributed by atoms with Gasteiger partial charge in [0.15, 0.2) is 40.5 Å². The fourth-order valence-corrected chi connectivity index (χ4v) is 22.7.